The fourth-order valence-corrected chi connectivity index (χ4v) is 3.31. The van der Waals surface area contributed by atoms with E-state index in [4.69, 9.17) is 25.3 Å². The van der Waals surface area contributed by atoms with Crippen molar-refractivity contribution in [1.29, 1.82) is 0 Å². The van der Waals surface area contributed by atoms with Crippen LogP contribution in [0.1, 0.15) is 18.4 Å². The Morgan fingerprint density at radius 1 is 1.44 bits per heavy atom. The van der Waals surface area contributed by atoms with Gasteiger partial charge >= 0.3 is 10.1 Å². The molecule has 1 aromatic rings. The summed E-state index contributed by atoms with van der Waals surface area (Å²) in [7, 11) is -2.25. The van der Waals surface area contributed by atoms with Crippen molar-refractivity contribution < 1.29 is 26.9 Å². The van der Waals surface area contributed by atoms with Gasteiger partial charge in [-0.25, -0.2) is 0 Å². The van der Waals surface area contributed by atoms with Crippen LogP contribution in [0.5, 0.6) is 5.75 Å². The topological polar surface area (TPSA) is 82.1 Å². The Labute approximate surface area is 152 Å². The molecule has 9 heteroatoms. The quantitative estimate of drug-likeness (QED) is 0.629. The van der Waals surface area contributed by atoms with Crippen molar-refractivity contribution in [3.63, 3.8) is 0 Å². The lowest BCUT2D eigenvalue weighted by molar-refractivity contribution is -0.137. The Morgan fingerprint density at radius 3 is 2.80 bits per heavy atom. The maximum atomic E-state index is 12.4. The number of hydrogen-bond donors (Lipinski definition) is 0. The number of methoxy groups -OCH3 is 1. The van der Waals surface area contributed by atoms with Crippen LogP contribution < -0.4 is 4.18 Å². The molecule has 7 nitrogen and oxygen atoms in total. The molecule has 0 unspecified atom stereocenters. The predicted octanol–water partition coefficient (Wildman–Crippen LogP) is 1.83. The predicted molar refractivity (Wildman–Crippen MR) is 93.2 cm³/mol. The van der Waals surface area contributed by atoms with Gasteiger partial charge in [-0.05, 0) is 31.0 Å². The molecule has 140 valence electrons. The first kappa shape index (κ1) is 20.0. The monoisotopic (exact) mass is 391 g/mol. The maximum Gasteiger partial charge on any atom is 0.306 e. The SMILES string of the molecule is COCC(=O)N(Cc1cc(Cl)ccc1OS(C)(=O)=O)C[C@@H]1CCCO1. The highest BCUT2D eigenvalue weighted by molar-refractivity contribution is 7.86. The fraction of sp³-hybridized carbons (Fsp3) is 0.562. The molecule has 1 aromatic carbocycles. The molecule has 0 aliphatic carbocycles. The van der Waals surface area contributed by atoms with Crippen molar-refractivity contribution >= 4 is 27.6 Å². The number of ether oxygens (including phenoxy) is 2. The first-order valence-corrected chi connectivity index (χ1v) is 10.0. The average Bonchev–Trinajstić information content (AvgIpc) is 3.01. The Kier molecular flexibility index (Phi) is 7.06. The Bertz CT molecular complexity index is 703. The Hall–Kier alpha value is -1.35. The number of rotatable bonds is 8. The zero-order valence-corrected chi connectivity index (χ0v) is 15.8. The lowest BCUT2D eigenvalue weighted by Gasteiger charge is -2.26. The van der Waals surface area contributed by atoms with Crippen molar-refractivity contribution in [2.75, 3.05) is 33.1 Å². The minimum absolute atomic E-state index is 0.0423. The third kappa shape index (κ3) is 6.47. The standard InChI is InChI=1S/C16H22ClNO6S/c1-22-11-16(19)18(10-14-4-3-7-23-14)9-12-8-13(17)5-6-15(12)24-25(2,20)21/h5-6,8,14H,3-4,7,9-11H2,1-2H3/t14-/m0/s1. The van der Waals surface area contributed by atoms with E-state index in [0.717, 1.165) is 19.1 Å². The van der Waals surface area contributed by atoms with Gasteiger partial charge in [0.05, 0.1) is 12.4 Å². The summed E-state index contributed by atoms with van der Waals surface area (Å²) in [6.45, 7) is 1.15. The van der Waals surface area contributed by atoms with E-state index in [1.165, 1.54) is 19.2 Å². The minimum atomic E-state index is -3.70. The summed E-state index contributed by atoms with van der Waals surface area (Å²) in [6.07, 6.45) is 2.75. The molecule has 1 aliphatic heterocycles. The van der Waals surface area contributed by atoms with Gasteiger partial charge in [0.2, 0.25) is 5.91 Å². The molecule has 0 bridgehead atoms. The molecule has 1 amide bonds. The summed E-state index contributed by atoms with van der Waals surface area (Å²) in [5.41, 5.74) is 0.500. The molecule has 25 heavy (non-hydrogen) atoms. The van der Waals surface area contributed by atoms with Crippen molar-refractivity contribution in [3.8, 4) is 5.75 Å². The Balaban J connectivity index is 2.23. The third-order valence-electron chi connectivity index (χ3n) is 3.69. The lowest BCUT2D eigenvalue weighted by Crippen LogP contribution is -2.39. The fourth-order valence-electron chi connectivity index (χ4n) is 2.63. The summed E-state index contributed by atoms with van der Waals surface area (Å²) < 4.78 is 38.5. The largest absolute Gasteiger partial charge is 0.382 e. The summed E-state index contributed by atoms with van der Waals surface area (Å²) in [4.78, 5) is 13.9. The summed E-state index contributed by atoms with van der Waals surface area (Å²) >= 11 is 6.02. The highest BCUT2D eigenvalue weighted by atomic mass is 35.5. The number of halogens is 1. The van der Waals surface area contributed by atoms with Crippen LogP contribution in [0.3, 0.4) is 0 Å². The number of carbonyl (C=O) groups excluding carboxylic acids is 1. The first-order valence-electron chi connectivity index (χ1n) is 7.84. The molecule has 1 aliphatic rings. The molecule has 0 spiro atoms. The van der Waals surface area contributed by atoms with Gasteiger partial charge in [-0.1, -0.05) is 11.6 Å². The van der Waals surface area contributed by atoms with Crippen LogP contribution in [0, 0.1) is 0 Å². The number of nitrogens with zero attached hydrogens (tertiary/aromatic N) is 1. The van der Waals surface area contributed by atoms with Gasteiger partial charge in [-0.3, -0.25) is 4.79 Å². The molecular formula is C16H22ClNO6S. The van der Waals surface area contributed by atoms with Gasteiger partial charge in [-0.2, -0.15) is 8.42 Å². The van der Waals surface area contributed by atoms with Gasteiger partial charge in [0.25, 0.3) is 0 Å². The van der Waals surface area contributed by atoms with Crippen molar-refractivity contribution in [2.24, 2.45) is 0 Å². The van der Waals surface area contributed by atoms with Crippen molar-refractivity contribution in [2.45, 2.75) is 25.5 Å². The number of benzene rings is 1. The number of carbonyl (C=O) groups is 1. The molecule has 0 aromatic heterocycles. The van der Waals surface area contributed by atoms with E-state index in [-0.39, 0.29) is 30.9 Å². The minimum Gasteiger partial charge on any atom is -0.382 e. The van der Waals surface area contributed by atoms with Crippen LogP contribution in [0.4, 0.5) is 0 Å². The zero-order chi connectivity index (χ0) is 18.4. The maximum absolute atomic E-state index is 12.4. The molecule has 1 fully saturated rings. The molecule has 2 rings (SSSR count). The van der Waals surface area contributed by atoms with E-state index in [1.54, 1.807) is 11.0 Å². The van der Waals surface area contributed by atoms with Crippen LogP contribution >= 0.6 is 11.6 Å². The second-order valence-corrected chi connectivity index (χ2v) is 7.89. The van der Waals surface area contributed by atoms with Crippen LogP contribution in [0.15, 0.2) is 18.2 Å². The van der Waals surface area contributed by atoms with Gasteiger partial charge in [0.1, 0.15) is 12.4 Å². The van der Waals surface area contributed by atoms with Crippen LogP contribution in [0.2, 0.25) is 5.02 Å². The molecule has 0 saturated carbocycles. The highest BCUT2D eigenvalue weighted by Gasteiger charge is 2.24. The van der Waals surface area contributed by atoms with Crippen molar-refractivity contribution in [3.05, 3.63) is 28.8 Å². The molecular weight excluding hydrogens is 370 g/mol. The van der Waals surface area contributed by atoms with E-state index >= 15 is 0 Å². The molecule has 1 saturated heterocycles. The molecule has 1 atom stereocenters. The van der Waals surface area contributed by atoms with Gasteiger partial charge in [0.15, 0.2) is 0 Å². The third-order valence-corrected chi connectivity index (χ3v) is 4.41. The van der Waals surface area contributed by atoms with Crippen LogP contribution in [0.25, 0.3) is 0 Å². The van der Waals surface area contributed by atoms with Crippen LogP contribution in [-0.4, -0.2) is 58.5 Å². The normalized spacial score (nSPS) is 17.5. The zero-order valence-electron chi connectivity index (χ0n) is 14.2. The van der Waals surface area contributed by atoms with E-state index in [9.17, 15) is 13.2 Å². The van der Waals surface area contributed by atoms with Gasteiger partial charge in [0, 0.05) is 37.4 Å². The number of amides is 1. The van der Waals surface area contributed by atoms with E-state index < -0.39 is 10.1 Å². The summed E-state index contributed by atoms with van der Waals surface area (Å²) in [5.74, 6) is -0.0715. The number of hydrogen-bond acceptors (Lipinski definition) is 6. The molecule has 1 heterocycles. The van der Waals surface area contributed by atoms with E-state index in [1.807, 2.05) is 0 Å². The van der Waals surface area contributed by atoms with E-state index in [2.05, 4.69) is 0 Å². The second kappa shape index (κ2) is 8.84. The van der Waals surface area contributed by atoms with Gasteiger partial charge in [-0.15, -0.1) is 0 Å². The average molecular weight is 392 g/mol. The molecule has 0 N–H and O–H groups in total. The van der Waals surface area contributed by atoms with Crippen molar-refractivity contribution in [1.82, 2.24) is 4.90 Å². The second-order valence-electron chi connectivity index (χ2n) is 5.88. The Morgan fingerprint density at radius 2 is 2.20 bits per heavy atom. The van der Waals surface area contributed by atoms with Gasteiger partial charge < -0.3 is 18.6 Å². The molecule has 0 radical (unpaired) electrons. The van der Waals surface area contributed by atoms with E-state index in [0.29, 0.717) is 23.7 Å². The smallest absolute Gasteiger partial charge is 0.306 e. The highest BCUT2D eigenvalue weighted by Crippen LogP contribution is 2.26. The summed E-state index contributed by atoms with van der Waals surface area (Å²) in [6, 6.07) is 4.60. The summed E-state index contributed by atoms with van der Waals surface area (Å²) in [5, 5.41) is 0.423. The van der Waals surface area contributed by atoms with Crippen LogP contribution in [-0.2, 0) is 30.9 Å². The first-order chi connectivity index (χ1) is 11.8. The lowest BCUT2D eigenvalue weighted by atomic mass is 10.1.